The molecule has 5 nitrogen and oxygen atoms in total. The molecule has 0 fully saturated rings. The second-order valence-electron chi connectivity index (χ2n) is 5.00. The monoisotopic (exact) mass is 246 g/mol. The Morgan fingerprint density at radius 1 is 1.28 bits per heavy atom. The van der Waals surface area contributed by atoms with Gasteiger partial charge in [-0.3, -0.25) is 4.57 Å². The Kier molecular flexibility index (Phi) is 2.90. The van der Waals surface area contributed by atoms with Crippen LogP contribution in [0.5, 0.6) is 0 Å². The molecule has 0 atom stereocenters. The topological polar surface area (TPSA) is 60.7 Å². The molecule has 1 heterocycles. The van der Waals surface area contributed by atoms with Gasteiger partial charge in [0.15, 0.2) is 0 Å². The van der Waals surface area contributed by atoms with Crippen LogP contribution < -0.4 is 0 Å². The van der Waals surface area contributed by atoms with Gasteiger partial charge in [0.05, 0.1) is 5.52 Å². The zero-order valence-corrected chi connectivity index (χ0v) is 10.5. The fourth-order valence-corrected chi connectivity index (χ4v) is 1.64. The van der Waals surface area contributed by atoms with Gasteiger partial charge in [-0.2, -0.15) is 0 Å². The standard InChI is InChI=1S/C13H14N2O3/c1-13(2,3)18-12(16)15-7-6-9-4-5-10(14-17)8-11(9)15/h4-8H,1-3H3. The van der Waals surface area contributed by atoms with Crippen molar-refractivity contribution in [3.63, 3.8) is 0 Å². The maximum absolute atomic E-state index is 12.0. The van der Waals surface area contributed by atoms with Gasteiger partial charge in [0.25, 0.3) is 0 Å². The first kappa shape index (κ1) is 12.3. The first-order valence-corrected chi connectivity index (χ1v) is 5.58. The van der Waals surface area contributed by atoms with Crippen molar-refractivity contribution in [3.05, 3.63) is 35.4 Å². The Hall–Kier alpha value is -2.17. The Bertz CT molecular complexity index is 608. The average molecular weight is 246 g/mol. The fourth-order valence-electron chi connectivity index (χ4n) is 1.64. The van der Waals surface area contributed by atoms with Gasteiger partial charge in [0.1, 0.15) is 11.3 Å². The number of ether oxygens (including phenoxy) is 1. The minimum atomic E-state index is -0.561. The van der Waals surface area contributed by atoms with Crippen LogP contribution in [0, 0.1) is 4.91 Å². The Morgan fingerprint density at radius 2 is 2.00 bits per heavy atom. The molecule has 5 heteroatoms. The second kappa shape index (κ2) is 4.25. The van der Waals surface area contributed by atoms with Crippen molar-refractivity contribution in [2.75, 3.05) is 0 Å². The molecule has 0 amide bonds. The second-order valence-corrected chi connectivity index (χ2v) is 5.00. The van der Waals surface area contributed by atoms with Crippen molar-refractivity contribution in [2.24, 2.45) is 5.18 Å². The van der Waals surface area contributed by atoms with Crippen LogP contribution >= 0.6 is 0 Å². The van der Waals surface area contributed by atoms with E-state index in [9.17, 15) is 9.70 Å². The molecule has 0 saturated carbocycles. The predicted molar refractivity (Wildman–Crippen MR) is 69.0 cm³/mol. The van der Waals surface area contributed by atoms with Gasteiger partial charge in [0.2, 0.25) is 0 Å². The summed E-state index contributed by atoms with van der Waals surface area (Å²) in [7, 11) is 0. The van der Waals surface area contributed by atoms with E-state index in [1.165, 1.54) is 4.57 Å². The molecule has 0 N–H and O–H groups in total. The lowest BCUT2D eigenvalue weighted by atomic mass is 10.2. The molecule has 0 bridgehead atoms. The quantitative estimate of drug-likeness (QED) is 0.718. The molecule has 18 heavy (non-hydrogen) atoms. The molecule has 0 aliphatic carbocycles. The maximum Gasteiger partial charge on any atom is 0.418 e. The van der Waals surface area contributed by atoms with Gasteiger partial charge in [-0.15, -0.1) is 4.91 Å². The zero-order chi connectivity index (χ0) is 13.3. The number of carbonyl (C=O) groups is 1. The van der Waals surface area contributed by atoms with E-state index in [1.54, 1.807) is 51.2 Å². The molecular weight excluding hydrogens is 232 g/mol. The molecular formula is C13H14N2O3. The lowest BCUT2D eigenvalue weighted by Crippen LogP contribution is -2.26. The van der Waals surface area contributed by atoms with Crippen molar-refractivity contribution in [1.82, 2.24) is 4.57 Å². The Balaban J connectivity index is 2.45. The van der Waals surface area contributed by atoms with E-state index in [0.29, 0.717) is 5.52 Å². The molecule has 0 saturated heterocycles. The van der Waals surface area contributed by atoms with Crippen molar-refractivity contribution < 1.29 is 9.53 Å². The molecule has 0 aliphatic rings. The Labute approximate surface area is 104 Å². The minimum absolute atomic E-state index is 0.283. The first-order valence-electron chi connectivity index (χ1n) is 5.58. The van der Waals surface area contributed by atoms with Crippen molar-refractivity contribution >= 4 is 22.7 Å². The largest absolute Gasteiger partial charge is 0.443 e. The summed E-state index contributed by atoms with van der Waals surface area (Å²) in [5.74, 6) is 0. The van der Waals surface area contributed by atoms with Gasteiger partial charge in [0, 0.05) is 11.6 Å². The SMILES string of the molecule is CC(C)(C)OC(=O)n1ccc2ccc(N=O)cc21. The third-order valence-electron chi connectivity index (χ3n) is 2.37. The van der Waals surface area contributed by atoms with Crippen LogP contribution in [0.15, 0.2) is 35.6 Å². The molecule has 0 unspecified atom stereocenters. The number of nitrogens with zero attached hydrogens (tertiary/aromatic N) is 2. The molecule has 0 radical (unpaired) electrons. The molecule has 1 aromatic heterocycles. The van der Waals surface area contributed by atoms with Crippen LogP contribution in [0.25, 0.3) is 10.9 Å². The van der Waals surface area contributed by atoms with Crippen LogP contribution in [-0.2, 0) is 4.74 Å². The van der Waals surface area contributed by atoms with Gasteiger partial charge in [-0.05, 0) is 44.1 Å². The van der Waals surface area contributed by atoms with Gasteiger partial charge in [-0.1, -0.05) is 6.07 Å². The maximum atomic E-state index is 12.0. The third-order valence-corrected chi connectivity index (χ3v) is 2.37. The summed E-state index contributed by atoms with van der Waals surface area (Å²) >= 11 is 0. The highest BCUT2D eigenvalue weighted by atomic mass is 16.6. The highest BCUT2D eigenvalue weighted by Gasteiger charge is 2.19. The number of hydrogen-bond acceptors (Lipinski definition) is 4. The fraction of sp³-hybridized carbons (Fsp3) is 0.308. The molecule has 94 valence electrons. The van der Waals surface area contributed by atoms with E-state index in [1.807, 2.05) is 0 Å². The summed E-state index contributed by atoms with van der Waals surface area (Å²) in [6.45, 7) is 5.40. The summed E-state index contributed by atoms with van der Waals surface area (Å²) in [4.78, 5) is 22.5. The van der Waals surface area contributed by atoms with Gasteiger partial charge in [-0.25, -0.2) is 4.79 Å². The number of carbonyl (C=O) groups excluding carboxylic acids is 1. The van der Waals surface area contributed by atoms with Crippen LogP contribution in [-0.4, -0.2) is 16.3 Å². The third kappa shape index (κ3) is 2.40. The highest BCUT2D eigenvalue weighted by Crippen LogP contribution is 2.23. The van der Waals surface area contributed by atoms with E-state index in [0.717, 1.165) is 5.39 Å². The molecule has 2 aromatic rings. The van der Waals surface area contributed by atoms with Gasteiger partial charge >= 0.3 is 6.09 Å². The predicted octanol–water partition coefficient (Wildman–Crippen LogP) is 3.82. The van der Waals surface area contributed by atoms with Crippen LogP contribution in [0.2, 0.25) is 0 Å². The van der Waals surface area contributed by atoms with E-state index >= 15 is 0 Å². The van der Waals surface area contributed by atoms with Crippen LogP contribution in [0.1, 0.15) is 20.8 Å². The Morgan fingerprint density at radius 3 is 2.61 bits per heavy atom. The number of hydrogen-bond donors (Lipinski definition) is 0. The minimum Gasteiger partial charge on any atom is -0.443 e. The number of fused-ring (bicyclic) bond motifs is 1. The van der Waals surface area contributed by atoms with Gasteiger partial charge < -0.3 is 4.74 Å². The molecule has 2 rings (SSSR count). The number of rotatable bonds is 1. The summed E-state index contributed by atoms with van der Waals surface area (Å²) in [5, 5.41) is 3.71. The number of nitroso groups, excluding NO2 is 1. The normalized spacial score (nSPS) is 11.5. The highest BCUT2D eigenvalue weighted by molar-refractivity contribution is 5.91. The smallest absolute Gasteiger partial charge is 0.418 e. The van der Waals surface area contributed by atoms with Crippen molar-refractivity contribution in [2.45, 2.75) is 26.4 Å². The number of benzene rings is 1. The first-order chi connectivity index (χ1) is 8.40. The molecule has 0 aliphatic heterocycles. The van der Waals surface area contributed by atoms with Crippen LogP contribution in [0.4, 0.5) is 10.5 Å². The van der Waals surface area contributed by atoms with E-state index < -0.39 is 11.7 Å². The number of aromatic nitrogens is 1. The summed E-state index contributed by atoms with van der Waals surface area (Å²) < 4.78 is 6.65. The lowest BCUT2D eigenvalue weighted by molar-refractivity contribution is 0.0544. The van der Waals surface area contributed by atoms with Crippen molar-refractivity contribution in [3.8, 4) is 0 Å². The van der Waals surface area contributed by atoms with E-state index in [4.69, 9.17) is 4.74 Å². The van der Waals surface area contributed by atoms with E-state index in [-0.39, 0.29) is 5.69 Å². The average Bonchev–Trinajstić information content (AvgIpc) is 2.69. The molecule has 0 spiro atoms. The molecule has 1 aromatic carbocycles. The van der Waals surface area contributed by atoms with E-state index in [2.05, 4.69) is 5.18 Å². The lowest BCUT2D eigenvalue weighted by Gasteiger charge is -2.19. The summed E-state index contributed by atoms with van der Waals surface area (Å²) in [5.41, 5.74) is 0.334. The van der Waals surface area contributed by atoms with Crippen molar-refractivity contribution in [1.29, 1.82) is 0 Å². The van der Waals surface area contributed by atoms with Crippen LogP contribution in [0.3, 0.4) is 0 Å². The zero-order valence-electron chi connectivity index (χ0n) is 10.5. The summed E-state index contributed by atoms with van der Waals surface area (Å²) in [6.07, 6.45) is 1.15. The summed E-state index contributed by atoms with van der Waals surface area (Å²) in [6, 6.07) is 6.70.